The summed E-state index contributed by atoms with van der Waals surface area (Å²) >= 11 is 1.38. The first-order valence-corrected chi connectivity index (χ1v) is 6.74. The fourth-order valence-electron chi connectivity index (χ4n) is 2.13. The van der Waals surface area contributed by atoms with Crippen LogP contribution in [-0.4, -0.2) is 27.5 Å². The monoisotopic (exact) mass is 272 g/mol. The normalized spacial score (nSPS) is 10.8. The van der Waals surface area contributed by atoms with E-state index in [0.29, 0.717) is 5.13 Å². The molecule has 2 heterocycles. The van der Waals surface area contributed by atoms with Gasteiger partial charge in [0.15, 0.2) is 5.78 Å². The van der Waals surface area contributed by atoms with Crippen LogP contribution in [0.1, 0.15) is 16.1 Å². The van der Waals surface area contributed by atoms with Gasteiger partial charge in [0.05, 0.1) is 6.54 Å². The Bertz CT molecular complexity index is 717. The van der Waals surface area contributed by atoms with Gasteiger partial charge in [0.25, 0.3) is 0 Å². The molecule has 0 saturated carbocycles. The first-order valence-electron chi connectivity index (χ1n) is 5.86. The van der Waals surface area contributed by atoms with Crippen LogP contribution in [0.2, 0.25) is 0 Å². The molecule has 0 aliphatic rings. The van der Waals surface area contributed by atoms with Gasteiger partial charge in [0.1, 0.15) is 5.51 Å². The summed E-state index contributed by atoms with van der Waals surface area (Å²) in [5, 5.41) is 12.2. The van der Waals surface area contributed by atoms with E-state index in [1.807, 2.05) is 31.2 Å². The largest absolute Gasteiger partial charge is 0.358 e. The molecule has 0 aliphatic heterocycles. The van der Waals surface area contributed by atoms with Crippen LogP contribution in [-0.2, 0) is 0 Å². The van der Waals surface area contributed by atoms with Crippen LogP contribution in [0, 0.1) is 6.92 Å². The first-order chi connectivity index (χ1) is 9.25. The second-order valence-corrected chi connectivity index (χ2v) is 5.02. The molecule has 0 bridgehead atoms. The lowest BCUT2D eigenvalue weighted by molar-refractivity contribution is 0.101. The van der Waals surface area contributed by atoms with Crippen molar-refractivity contribution in [2.24, 2.45) is 0 Å². The molecule has 0 radical (unpaired) electrons. The van der Waals surface area contributed by atoms with Crippen LogP contribution < -0.4 is 5.32 Å². The van der Waals surface area contributed by atoms with Gasteiger partial charge in [-0.05, 0) is 13.0 Å². The summed E-state index contributed by atoms with van der Waals surface area (Å²) in [5.41, 5.74) is 4.25. The molecular weight excluding hydrogens is 260 g/mol. The zero-order chi connectivity index (χ0) is 13.2. The van der Waals surface area contributed by atoms with Gasteiger partial charge in [-0.3, -0.25) is 4.79 Å². The van der Waals surface area contributed by atoms with Gasteiger partial charge in [-0.15, -0.1) is 10.2 Å². The van der Waals surface area contributed by atoms with Crippen LogP contribution in [0.5, 0.6) is 0 Å². The van der Waals surface area contributed by atoms with Crippen molar-refractivity contribution in [1.82, 2.24) is 15.2 Å². The number of anilines is 1. The van der Waals surface area contributed by atoms with Gasteiger partial charge in [-0.1, -0.05) is 29.5 Å². The number of carbonyl (C=O) groups is 1. The highest BCUT2D eigenvalue weighted by Crippen LogP contribution is 2.22. The Morgan fingerprint density at radius 1 is 1.42 bits per heavy atom. The van der Waals surface area contributed by atoms with Crippen molar-refractivity contribution in [1.29, 1.82) is 0 Å². The SMILES string of the molecule is Cc1[nH]c2ccccc2c1C(=O)CNc1nncs1. The number of aryl methyl sites for hydroxylation is 1. The Kier molecular flexibility index (Phi) is 3.00. The molecule has 0 fully saturated rings. The van der Waals surface area contributed by atoms with E-state index in [0.717, 1.165) is 22.2 Å². The molecule has 3 aromatic rings. The van der Waals surface area contributed by atoms with E-state index in [9.17, 15) is 4.79 Å². The Labute approximate surface area is 113 Å². The first kappa shape index (κ1) is 11.9. The van der Waals surface area contributed by atoms with Gasteiger partial charge in [-0.2, -0.15) is 0 Å². The number of hydrogen-bond donors (Lipinski definition) is 2. The van der Waals surface area contributed by atoms with Crippen LogP contribution >= 0.6 is 11.3 Å². The fraction of sp³-hybridized carbons (Fsp3) is 0.154. The number of aromatic nitrogens is 3. The van der Waals surface area contributed by atoms with Crippen LogP contribution in [0.25, 0.3) is 10.9 Å². The molecule has 2 aromatic heterocycles. The van der Waals surface area contributed by atoms with Crippen molar-refractivity contribution in [3.05, 3.63) is 41.0 Å². The summed E-state index contributed by atoms with van der Waals surface area (Å²) in [7, 11) is 0. The number of rotatable bonds is 4. The molecule has 2 N–H and O–H groups in total. The van der Waals surface area contributed by atoms with Crippen molar-refractivity contribution < 1.29 is 4.79 Å². The molecule has 3 rings (SSSR count). The maximum atomic E-state index is 12.3. The third kappa shape index (κ3) is 2.22. The highest BCUT2D eigenvalue weighted by molar-refractivity contribution is 7.13. The average Bonchev–Trinajstić information content (AvgIpc) is 3.02. The number of benzene rings is 1. The highest BCUT2D eigenvalue weighted by Gasteiger charge is 2.15. The lowest BCUT2D eigenvalue weighted by atomic mass is 10.1. The maximum Gasteiger partial charge on any atom is 0.205 e. The minimum absolute atomic E-state index is 0.0464. The second kappa shape index (κ2) is 4.81. The third-order valence-electron chi connectivity index (χ3n) is 2.93. The number of aromatic amines is 1. The summed E-state index contributed by atoms with van der Waals surface area (Å²) < 4.78 is 0. The summed E-state index contributed by atoms with van der Waals surface area (Å²) in [6, 6.07) is 7.81. The number of carbonyl (C=O) groups excluding carboxylic acids is 1. The van der Waals surface area contributed by atoms with E-state index in [4.69, 9.17) is 0 Å². The van der Waals surface area contributed by atoms with E-state index in [1.54, 1.807) is 5.51 Å². The predicted octanol–water partition coefficient (Wildman–Crippen LogP) is 2.62. The van der Waals surface area contributed by atoms with Crippen molar-refractivity contribution in [3.8, 4) is 0 Å². The summed E-state index contributed by atoms with van der Waals surface area (Å²) in [6.07, 6.45) is 0. The second-order valence-electron chi connectivity index (χ2n) is 4.19. The minimum atomic E-state index is 0.0464. The highest BCUT2D eigenvalue weighted by atomic mass is 32.1. The molecule has 0 unspecified atom stereocenters. The number of nitrogens with zero attached hydrogens (tertiary/aromatic N) is 2. The fourth-order valence-corrected chi connectivity index (χ4v) is 2.57. The molecule has 0 amide bonds. The van der Waals surface area contributed by atoms with Crippen molar-refractivity contribution in [3.63, 3.8) is 0 Å². The number of Topliss-reactive ketones (excluding diaryl/α,β-unsaturated/α-hetero) is 1. The van der Waals surface area contributed by atoms with Gasteiger partial charge in [-0.25, -0.2) is 0 Å². The summed E-state index contributed by atoms with van der Waals surface area (Å²) in [5.74, 6) is 0.0464. The maximum absolute atomic E-state index is 12.3. The van der Waals surface area contributed by atoms with Crippen LogP contribution in [0.15, 0.2) is 29.8 Å². The Hall–Kier alpha value is -2.21. The Morgan fingerprint density at radius 2 is 2.26 bits per heavy atom. The van der Waals surface area contributed by atoms with Crippen molar-refractivity contribution >= 4 is 33.2 Å². The standard InChI is InChI=1S/C13H12N4OS/c1-8-12(9-4-2-3-5-10(9)16-8)11(18)6-14-13-17-15-7-19-13/h2-5,7,16H,6H2,1H3,(H,14,17). The van der Waals surface area contributed by atoms with Crippen LogP contribution in [0.3, 0.4) is 0 Å². The molecule has 19 heavy (non-hydrogen) atoms. The third-order valence-corrected chi connectivity index (χ3v) is 3.58. The number of para-hydroxylation sites is 1. The van der Waals surface area contributed by atoms with E-state index in [-0.39, 0.29) is 12.3 Å². The lowest BCUT2D eigenvalue weighted by Crippen LogP contribution is -2.14. The zero-order valence-corrected chi connectivity index (χ0v) is 11.1. The molecule has 0 atom stereocenters. The molecule has 0 saturated heterocycles. The molecule has 0 spiro atoms. The van der Waals surface area contributed by atoms with Crippen molar-refractivity contribution in [2.75, 3.05) is 11.9 Å². The van der Waals surface area contributed by atoms with Crippen molar-refractivity contribution in [2.45, 2.75) is 6.92 Å². The average molecular weight is 272 g/mol. The summed E-state index contributed by atoms with van der Waals surface area (Å²) in [4.78, 5) is 15.5. The zero-order valence-electron chi connectivity index (χ0n) is 10.3. The molecule has 0 aliphatic carbocycles. The number of nitrogens with one attached hydrogen (secondary N) is 2. The molecule has 1 aromatic carbocycles. The van der Waals surface area contributed by atoms with E-state index < -0.39 is 0 Å². The summed E-state index contributed by atoms with van der Waals surface area (Å²) in [6.45, 7) is 2.13. The van der Waals surface area contributed by atoms with Gasteiger partial charge >= 0.3 is 0 Å². The predicted molar refractivity (Wildman–Crippen MR) is 75.8 cm³/mol. The topological polar surface area (TPSA) is 70.7 Å². The van der Waals surface area contributed by atoms with Crippen LogP contribution in [0.4, 0.5) is 5.13 Å². The van der Waals surface area contributed by atoms with Gasteiger partial charge in [0, 0.05) is 22.2 Å². The molecular formula is C13H12N4OS. The quantitative estimate of drug-likeness (QED) is 0.716. The van der Waals surface area contributed by atoms with E-state index in [2.05, 4.69) is 20.5 Å². The van der Waals surface area contributed by atoms with E-state index >= 15 is 0 Å². The smallest absolute Gasteiger partial charge is 0.205 e. The molecule has 96 valence electrons. The molecule has 5 nitrogen and oxygen atoms in total. The van der Waals surface area contributed by atoms with Gasteiger partial charge in [0.2, 0.25) is 5.13 Å². The lowest BCUT2D eigenvalue weighted by Gasteiger charge is -2.02. The minimum Gasteiger partial charge on any atom is -0.358 e. The molecule has 6 heteroatoms. The number of hydrogen-bond acceptors (Lipinski definition) is 5. The Morgan fingerprint density at radius 3 is 3.05 bits per heavy atom. The Balaban J connectivity index is 1.87. The number of fused-ring (bicyclic) bond motifs is 1. The number of ketones is 1. The van der Waals surface area contributed by atoms with Gasteiger partial charge < -0.3 is 10.3 Å². The number of H-pyrrole nitrogens is 1. The van der Waals surface area contributed by atoms with E-state index in [1.165, 1.54) is 11.3 Å².